The number of rotatable bonds is 8. The van der Waals surface area contributed by atoms with Crippen molar-refractivity contribution < 1.29 is 4.79 Å². The molecular formula is C25H32N4O. The summed E-state index contributed by atoms with van der Waals surface area (Å²) in [5, 5.41) is 3.05. The van der Waals surface area contributed by atoms with Crippen LogP contribution in [0.25, 0.3) is 11.0 Å². The molecule has 1 aliphatic heterocycles. The average molecular weight is 405 g/mol. The maximum Gasteiger partial charge on any atom is 0.238 e. The number of carbonyl (C=O) groups is 1. The molecule has 5 heteroatoms. The van der Waals surface area contributed by atoms with E-state index in [-0.39, 0.29) is 5.91 Å². The minimum Gasteiger partial charge on any atom is -0.330 e. The molecule has 0 bridgehead atoms. The number of amides is 1. The van der Waals surface area contributed by atoms with Gasteiger partial charge in [-0.15, -0.1) is 0 Å². The number of aryl methyl sites for hydroxylation is 1. The van der Waals surface area contributed by atoms with E-state index in [1.165, 1.54) is 23.9 Å². The number of imidazole rings is 1. The van der Waals surface area contributed by atoms with Crippen molar-refractivity contribution in [2.24, 2.45) is 5.92 Å². The summed E-state index contributed by atoms with van der Waals surface area (Å²) in [6, 6.07) is 16.6. The molecule has 5 nitrogen and oxygen atoms in total. The molecule has 158 valence electrons. The van der Waals surface area contributed by atoms with Crippen molar-refractivity contribution in [3.63, 3.8) is 0 Å². The van der Waals surface area contributed by atoms with Crippen molar-refractivity contribution in [2.75, 3.05) is 25.0 Å². The van der Waals surface area contributed by atoms with Crippen LogP contribution in [0.1, 0.15) is 38.2 Å². The van der Waals surface area contributed by atoms with Gasteiger partial charge in [0, 0.05) is 12.2 Å². The highest BCUT2D eigenvalue weighted by atomic mass is 16.2. The number of para-hydroxylation sites is 2. The summed E-state index contributed by atoms with van der Waals surface area (Å²) >= 11 is 0. The number of unbranched alkanes of at least 4 members (excludes halogenated alkanes) is 1. The van der Waals surface area contributed by atoms with Crippen LogP contribution in [0.2, 0.25) is 0 Å². The maximum atomic E-state index is 12.5. The second-order valence-corrected chi connectivity index (χ2v) is 8.45. The molecule has 1 amide bonds. The zero-order chi connectivity index (χ0) is 20.8. The SMILES string of the molecule is CCCCc1ccc(NC(=O)CN2CCC(Cn3cnc4ccccc43)CC2)cc1. The molecule has 1 fully saturated rings. The number of fused-ring (bicyclic) bond motifs is 1. The van der Waals surface area contributed by atoms with Crippen molar-refractivity contribution in [2.45, 2.75) is 45.6 Å². The Morgan fingerprint density at radius 2 is 1.87 bits per heavy atom. The van der Waals surface area contributed by atoms with E-state index in [1.54, 1.807) is 0 Å². The highest BCUT2D eigenvalue weighted by molar-refractivity contribution is 5.92. The van der Waals surface area contributed by atoms with Gasteiger partial charge in [-0.2, -0.15) is 0 Å². The third kappa shape index (κ3) is 5.28. The Kier molecular flexibility index (Phi) is 6.80. The van der Waals surface area contributed by atoms with Crippen molar-refractivity contribution in [1.82, 2.24) is 14.5 Å². The van der Waals surface area contributed by atoms with Gasteiger partial charge in [-0.1, -0.05) is 37.6 Å². The van der Waals surface area contributed by atoms with Gasteiger partial charge in [-0.3, -0.25) is 9.69 Å². The molecule has 1 aliphatic rings. The average Bonchev–Trinajstić information content (AvgIpc) is 3.17. The van der Waals surface area contributed by atoms with Crippen molar-refractivity contribution in [1.29, 1.82) is 0 Å². The van der Waals surface area contributed by atoms with Crippen LogP contribution in [0.3, 0.4) is 0 Å². The van der Waals surface area contributed by atoms with Crippen LogP contribution in [0, 0.1) is 5.92 Å². The van der Waals surface area contributed by atoms with Gasteiger partial charge in [-0.25, -0.2) is 4.98 Å². The van der Waals surface area contributed by atoms with Gasteiger partial charge in [0.2, 0.25) is 5.91 Å². The lowest BCUT2D eigenvalue weighted by Crippen LogP contribution is -2.39. The van der Waals surface area contributed by atoms with Crippen LogP contribution in [0.4, 0.5) is 5.69 Å². The highest BCUT2D eigenvalue weighted by Gasteiger charge is 2.21. The molecule has 0 aliphatic carbocycles. The van der Waals surface area contributed by atoms with Crippen LogP contribution in [0.15, 0.2) is 54.9 Å². The molecule has 1 N–H and O–H groups in total. The van der Waals surface area contributed by atoms with Crippen LogP contribution in [-0.4, -0.2) is 40.0 Å². The largest absolute Gasteiger partial charge is 0.330 e. The minimum atomic E-state index is 0.0790. The maximum absolute atomic E-state index is 12.5. The highest BCUT2D eigenvalue weighted by Crippen LogP contribution is 2.22. The molecule has 4 rings (SSSR count). The van der Waals surface area contributed by atoms with E-state index in [0.29, 0.717) is 12.5 Å². The summed E-state index contributed by atoms with van der Waals surface area (Å²) in [6.07, 6.45) is 7.71. The molecule has 0 radical (unpaired) electrons. The Morgan fingerprint density at radius 1 is 1.10 bits per heavy atom. The molecule has 0 saturated carbocycles. The first-order valence-corrected chi connectivity index (χ1v) is 11.2. The normalized spacial score (nSPS) is 15.5. The minimum absolute atomic E-state index is 0.0790. The third-order valence-corrected chi connectivity index (χ3v) is 6.11. The van der Waals surface area contributed by atoms with Crippen LogP contribution in [0.5, 0.6) is 0 Å². The molecule has 2 heterocycles. The fourth-order valence-corrected chi connectivity index (χ4v) is 4.30. The molecule has 0 unspecified atom stereocenters. The second kappa shape index (κ2) is 9.90. The lowest BCUT2D eigenvalue weighted by molar-refractivity contribution is -0.117. The van der Waals surface area contributed by atoms with E-state index in [0.717, 1.165) is 50.1 Å². The van der Waals surface area contributed by atoms with Gasteiger partial charge in [0.15, 0.2) is 0 Å². The van der Waals surface area contributed by atoms with Gasteiger partial charge in [0.25, 0.3) is 0 Å². The van der Waals surface area contributed by atoms with Gasteiger partial charge >= 0.3 is 0 Å². The zero-order valence-corrected chi connectivity index (χ0v) is 17.9. The first kappa shape index (κ1) is 20.6. The first-order chi connectivity index (χ1) is 14.7. The molecule has 2 aromatic carbocycles. The number of carbonyl (C=O) groups excluding carboxylic acids is 1. The van der Waals surface area contributed by atoms with Gasteiger partial charge in [-0.05, 0) is 74.5 Å². The Balaban J connectivity index is 1.22. The lowest BCUT2D eigenvalue weighted by atomic mass is 9.96. The van der Waals surface area contributed by atoms with Crippen LogP contribution in [-0.2, 0) is 17.8 Å². The number of hydrogen-bond acceptors (Lipinski definition) is 3. The van der Waals surface area contributed by atoms with E-state index >= 15 is 0 Å². The second-order valence-electron chi connectivity index (χ2n) is 8.45. The number of hydrogen-bond donors (Lipinski definition) is 1. The summed E-state index contributed by atoms with van der Waals surface area (Å²) in [5.74, 6) is 0.716. The quantitative estimate of drug-likeness (QED) is 0.590. The molecule has 1 saturated heterocycles. The van der Waals surface area contributed by atoms with Crippen LogP contribution < -0.4 is 5.32 Å². The molecule has 3 aromatic rings. The lowest BCUT2D eigenvalue weighted by Gasteiger charge is -2.31. The monoisotopic (exact) mass is 404 g/mol. The summed E-state index contributed by atoms with van der Waals surface area (Å²) in [7, 11) is 0. The predicted octanol–water partition coefficient (Wildman–Crippen LogP) is 4.73. The van der Waals surface area contributed by atoms with E-state index in [1.807, 2.05) is 24.5 Å². The van der Waals surface area contributed by atoms with Crippen molar-refractivity contribution >= 4 is 22.6 Å². The number of nitrogens with one attached hydrogen (secondary N) is 1. The van der Waals surface area contributed by atoms with E-state index in [2.05, 4.69) is 57.0 Å². The number of benzene rings is 2. The van der Waals surface area contributed by atoms with Gasteiger partial charge < -0.3 is 9.88 Å². The number of nitrogens with zero attached hydrogens (tertiary/aromatic N) is 3. The number of aromatic nitrogens is 2. The fraction of sp³-hybridized carbons (Fsp3) is 0.440. The van der Waals surface area contributed by atoms with Gasteiger partial charge in [0.1, 0.15) is 0 Å². The Bertz CT molecular complexity index is 955. The first-order valence-electron chi connectivity index (χ1n) is 11.2. The zero-order valence-electron chi connectivity index (χ0n) is 17.9. The molecule has 30 heavy (non-hydrogen) atoms. The van der Waals surface area contributed by atoms with Gasteiger partial charge in [0.05, 0.1) is 23.9 Å². The Morgan fingerprint density at radius 3 is 2.63 bits per heavy atom. The summed E-state index contributed by atoms with van der Waals surface area (Å²) in [5.41, 5.74) is 4.50. The summed E-state index contributed by atoms with van der Waals surface area (Å²) < 4.78 is 2.27. The summed E-state index contributed by atoms with van der Waals surface area (Å²) in [4.78, 5) is 19.2. The molecule has 0 spiro atoms. The summed E-state index contributed by atoms with van der Waals surface area (Å²) in [6.45, 7) is 5.63. The predicted molar refractivity (Wildman–Crippen MR) is 123 cm³/mol. The standard InChI is InChI=1S/C25H32N4O/c1-2-3-6-20-9-11-22(12-10-20)27-25(30)18-28-15-13-21(14-16-28)17-29-19-26-23-7-4-5-8-24(23)29/h4-5,7-12,19,21H,2-3,6,13-18H2,1H3,(H,27,30). The van der Waals surface area contributed by atoms with Crippen molar-refractivity contribution in [3.8, 4) is 0 Å². The van der Waals surface area contributed by atoms with E-state index in [9.17, 15) is 4.79 Å². The molecular weight excluding hydrogens is 372 g/mol. The Labute approximate surface area is 179 Å². The molecule has 1 aromatic heterocycles. The number of anilines is 1. The smallest absolute Gasteiger partial charge is 0.238 e. The topological polar surface area (TPSA) is 50.2 Å². The van der Waals surface area contributed by atoms with Crippen LogP contribution >= 0.6 is 0 Å². The number of piperidine rings is 1. The Hall–Kier alpha value is -2.66. The van der Waals surface area contributed by atoms with E-state index < -0.39 is 0 Å². The molecule has 0 atom stereocenters. The number of likely N-dealkylation sites (tertiary alicyclic amines) is 1. The van der Waals surface area contributed by atoms with E-state index in [4.69, 9.17) is 0 Å². The fourth-order valence-electron chi connectivity index (χ4n) is 4.30. The van der Waals surface area contributed by atoms with Crippen molar-refractivity contribution in [3.05, 3.63) is 60.4 Å². The third-order valence-electron chi connectivity index (χ3n) is 6.11.